The molecule has 0 spiro atoms. The Bertz CT molecular complexity index is 631. The van der Waals surface area contributed by atoms with E-state index in [9.17, 15) is 18.8 Å². The Balaban J connectivity index is 2.65. The molecule has 0 radical (unpaired) electrons. The number of halogens is 1. The van der Waals surface area contributed by atoms with Gasteiger partial charge in [0, 0.05) is 17.6 Å². The number of benzene rings is 1. The Morgan fingerprint density at radius 1 is 1.29 bits per heavy atom. The van der Waals surface area contributed by atoms with E-state index >= 15 is 0 Å². The lowest BCUT2D eigenvalue weighted by molar-refractivity contribution is -0.140. The minimum atomic E-state index is -0.950. The molecule has 2 amide bonds. The number of aliphatic carboxylic acids is 1. The van der Waals surface area contributed by atoms with E-state index in [-0.39, 0.29) is 30.5 Å². The molecule has 0 saturated heterocycles. The Labute approximate surface area is 139 Å². The van der Waals surface area contributed by atoms with Crippen molar-refractivity contribution in [3.8, 4) is 0 Å². The Morgan fingerprint density at radius 2 is 1.96 bits per heavy atom. The van der Waals surface area contributed by atoms with E-state index in [4.69, 9.17) is 5.11 Å². The molecule has 0 aliphatic carbocycles. The largest absolute Gasteiger partial charge is 0.481 e. The van der Waals surface area contributed by atoms with Gasteiger partial charge in [0.25, 0.3) is 0 Å². The molecule has 132 valence electrons. The number of nitrogens with one attached hydrogen (secondary N) is 2. The molecule has 8 heteroatoms. The van der Waals surface area contributed by atoms with E-state index in [1.165, 1.54) is 19.2 Å². The maximum absolute atomic E-state index is 13.9. The Kier molecular flexibility index (Phi) is 6.69. The number of esters is 1. The van der Waals surface area contributed by atoms with Crippen molar-refractivity contribution in [2.24, 2.45) is 0 Å². The molecule has 0 aliphatic heterocycles. The number of carbonyl (C=O) groups is 3. The second kappa shape index (κ2) is 8.28. The molecular weight excluding hydrogens is 319 g/mol. The van der Waals surface area contributed by atoms with Crippen molar-refractivity contribution in [1.29, 1.82) is 0 Å². The Hall–Kier alpha value is -2.64. The van der Waals surface area contributed by atoms with E-state index in [0.29, 0.717) is 0 Å². The number of rotatable bonds is 7. The number of amides is 2. The van der Waals surface area contributed by atoms with Crippen molar-refractivity contribution < 1.29 is 28.6 Å². The summed E-state index contributed by atoms with van der Waals surface area (Å²) in [7, 11) is 1.21. The van der Waals surface area contributed by atoms with Crippen LogP contribution in [-0.2, 0) is 20.7 Å². The molecule has 1 rings (SSSR count). The number of carboxylic acid groups (broad SMARTS) is 1. The van der Waals surface area contributed by atoms with Crippen molar-refractivity contribution in [2.75, 3.05) is 12.4 Å². The van der Waals surface area contributed by atoms with Gasteiger partial charge in [-0.3, -0.25) is 9.59 Å². The Morgan fingerprint density at radius 3 is 2.50 bits per heavy atom. The molecule has 0 fully saturated rings. The first-order chi connectivity index (χ1) is 11.1. The van der Waals surface area contributed by atoms with Gasteiger partial charge in [-0.2, -0.15) is 0 Å². The van der Waals surface area contributed by atoms with E-state index < -0.39 is 29.3 Å². The molecule has 1 aromatic rings. The van der Waals surface area contributed by atoms with Crippen LogP contribution in [-0.4, -0.2) is 35.7 Å². The number of ether oxygens (including phenoxy) is 1. The van der Waals surface area contributed by atoms with Gasteiger partial charge < -0.3 is 20.5 Å². The predicted molar refractivity (Wildman–Crippen MR) is 85.2 cm³/mol. The van der Waals surface area contributed by atoms with Gasteiger partial charge in [-0.05, 0) is 38.0 Å². The van der Waals surface area contributed by atoms with Crippen molar-refractivity contribution in [1.82, 2.24) is 5.32 Å². The van der Waals surface area contributed by atoms with E-state index in [1.807, 2.05) is 0 Å². The quantitative estimate of drug-likeness (QED) is 0.661. The molecule has 0 atom stereocenters. The monoisotopic (exact) mass is 340 g/mol. The van der Waals surface area contributed by atoms with Gasteiger partial charge in [0.1, 0.15) is 5.82 Å². The van der Waals surface area contributed by atoms with Gasteiger partial charge in [-0.15, -0.1) is 0 Å². The fourth-order valence-corrected chi connectivity index (χ4v) is 1.95. The van der Waals surface area contributed by atoms with E-state index in [0.717, 1.165) is 6.07 Å². The summed E-state index contributed by atoms with van der Waals surface area (Å²) in [5.41, 5.74) is -0.353. The second-order valence-corrected chi connectivity index (χ2v) is 5.92. The summed E-state index contributed by atoms with van der Waals surface area (Å²) in [6, 6.07) is 3.37. The van der Waals surface area contributed by atoms with Gasteiger partial charge in [-0.25, -0.2) is 9.18 Å². The summed E-state index contributed by atoms with van der Waals surface area (Å²) in [5, 5.41) is 13.8. The number of hydrogen-bond acceptors (Lipinski definition) is 4. The first kappa shape index (κ1) is 19.4. The van der Waals surface area contributed by atoms with Crippen molar-refractivity contribution in [3.63, 3.8) is 0 Å². The molecule has 0 unspecified atom stereocenters. The first-order valence-electron chi connectivity index (χ1n) is 7.29. The minimum absolute atomic E-state index is 0.0792. The molecule has 1 aromatic carbocycles. The molecule has 3 N–H and O–H groups in total. The molecule has 0 bridgehead atoms. The predicted octanol–water partition coefficient (Wildman–Crippen LogP) is 2.31. The number of carboxylic acids is 1. The highest BCUT2D eigenvalue weighted by atomic mass is 19.1. The van der Waals surface area contributed by atoms with Crippen LogP contribution in [0.4, 0.5) is 14.9 Å². The lowest BCUT2D eigenvalue weighted by atomic mass is 9.99. The van der Waals surface area contributed by atoms with Crippen LogP contribution in [0.15, 0.2) is 18.2 Å². The third kappa shape index (κ3) is 6.64. The zero-order chi connectivity index (χ0) is 18.3. The highest BCUT2D eigenvalue weighted by Crippen LogP contribution is 2.16. The summed E-state index contributed by atoms with van der Waals surface area (Å²) in [6.07, 6.45) is -0.0245. The lowest BCUT2D eigenvalue weighted by Gasteiger charge is -2.25. The van der Waals surface area contributed by atoms with Crippen LogP contribution in [0.2, 0.25) is 0 Å². The molecule has 0 aromatic heterocycles. The normalized spacial score (nSPS) is 10.8. The lowest BCUT2D eigenvalue weighted by Crippen LogP contribution is -2.45. The van der Waals surface area contributed by atoms with Crippen LogP contribution in [0.5, 0.6) is 0 Å². The van der Waals surface area contributed by atoms with Crippen LogP contribution < -0.4 is 10.6 Å². The van der Waals surface area contributed by atoms with Gasteiger partial charge in [0.15, 0.2) is 0 Å². The highest BCUT2D eigenvalue weighted by Gasteiger charge is 2.21. The highest BCUT2D eigenvalue weighted by molar-refractivity contribution is 5.89. The maximum Gasteiger partial charge on any atom is 0.319 e. The number of urea groups is 1. The van der Waals surface area contributed by atoms with Crippen LogP contribution in [0.25, 0.3) is 0 Å². The topological polar surface area (TPSA) is 105 Å². The van der Waals surface area contributed by atoms with Gasteiger partial charge in [0.05, 0.1) is 13.5 Å². The smallest absolute Gasteiger partial charge is 0.319 e. The van der Waals surface area contributed by atoms with Crippen molar-refractivity contribution >= 4 is 23.7 Å². The number of hydrogen-bond donors (Lipinski definition) is 3. The third-order valence-electron chi connectivity index (χ3n) is 3.29. The maximum atomic E-state index is 13.9. The van der Waals surface area contributed by atoms with Crippen molar-refractivity contribution in [3.05, 3.63) is 29.6 Å². The molecule has 0 saturated carbocycles. The summed E-state index contributed by atoms with van der Waals surface area (Å²) < 4.78 is 18.4. The molecule has 0 aliphatic rings. The third-order valence-corrected chi connectivity index (χ3v) is 3.29. The summed E-state index contributed by atoms with van der Waals surface area (Å²) in [5.74, 6) is -2.15. The number of carbonyl (C=O) groups excluding carboxylic acids is 2. The summed E-state index contributed by atoms with van der Waals surface area (Å²) >= 11 is 0. The van der Waals surface area contributed by atoms with E-state index in [1.54, 1.807) is 13.8 Å². The molecule has 0 heterocycles. The number of anilines is 1. The first-order valence-corrected chi connectivity index (χ1v) is 7.29. The van der Waals surface area contributed by atoms with Crippen LogP contribution in [0, 0.1) is 5.82 Å². The summed E-state index contributed by atoms with van der Waals surface area (Å²) in [6.45, 7) is 3.38. The average Bonchev–Trinajstić information content (AvgIpc) is 2.47. The van der Waals surface area contributed by atoms with Crippen molar-refractivity contribution in [2.45, 2.75) is 38.6 Å². The van der Waals surface area contributed by atoms with E-state index in [2.05, 4.69) is 15.4 Å². The molecule has 7 nitrogen and oxygen atoms in total. The second-order valence-electron chi connectivity index (χ2n) is 5.92. The average molecular weight is 340 g/mol. The molecule has 24 heavy (non-hydrogen) atoms. The summed E-state index contributed by atoms with van der Waals surface area (Å²) in [4.78, 5) is 33.7. The fourth-order valence-electron chi connectivity index (χ4n) is 1.95. The molecular formula is C16H21FN2O5. The SMILES string of the molecule is COC(=O)Cc1ccc(NC(=O)NC(C)(C)CCC(=O)O)cc1F. The fraction of sp³-hybridized carbons (Fsp3) is 0.438. The zero-order valence-corrected chi connectivity index (χ0v) is 13.8. The standard InChI is InChI=1S/C16H21FN2O5/c1-16(2,7-6-13(20)21)19-15(23)18-11-5-4-10(12(17)9-11)8-14(22)24-3/h4-5,9H,6-8H2,1-3H3,(H,20,21)(H2,18,19,23). The van der Waals surface area contributed by atoms with Crippen LogP contribution in [0.3, 0.4) is 0 Å². The minimum Gasteiger partial charge on any atom is -0.481 e. The van der Waals surface area contributed by atoms with Crippen LogP contribution >= 0.6 is 0 Å². The number of methoxy groups -OCH3 is 1. The zero-order valence-electron chi connectivity index (χ0n) is 13.8. The van der Waals surface area contributed by atoms with Crippen LogP contribution in [0.1, 0.15) is 32.3 Å². The van der Waals surface area contributed by atoms with Gasteiger partial charge in [-0.1, -0.05) is 6.07 Å². The van der Waals surface area contributed by atoms with Gasteiger partial charge in [0.2, 0.25) is 0 Å². The van der Waals surface area contributed by atoms with Gasteiger partial charge >= 0.3 is 18.0 Å².